The third-order valence-electron chi connectivity index (χ3n) is 2.73. The highest BCUT2D eigenvalue weighted by molar-refractivity contribution is 5.26. The molecule has 1 unspecified atom stereocenters. The van der Waals surface area contributed by atoms with E-state index in [4.69, 9.17) is 10.5 Å². The summed E-state index contributed by atoms with van der Waals surface area (Å²) in [4.78, 5) is 2.14. The fraction of sp³-hybridized carbons (Fsp3) is 0.600. The Balaban J connectivity index is 2.30. The van der Waals surface area contributed by atoms with Crippen LogP contribution in [-0.2, 0) is 6.54 Å². The van der Waals surface area contributed by atoms with Crippen LogP contribution in [0.1, 0.15) is 11.7 Å². The summed E-state index contributed by atoms with van der Waals surface area (Å²) >= 11 is 0. The van der Waals surface area contributed by atoms with E-state index in [2.05, 4.69) is 15.5 Å². The lowest BCUT2D eigenvalue weighted by Crippen LogP contribution is -2.28. The Morgan fingerprint density at radius 1 is 1.57 bits per heavy atom. The quantitative estimate of drug-likeness (QED) is 0.761. The molecule has 1 aromatic heterocycles. The third-order valence-corrected chi connectivity index (χ3v) is 2.73. The standard InChI is InChI=1S/C10H17N3O/c1-12(2)9(7-11)8-3-4-10-13(8)5-6-14-10/h3-4,9H,5-7,11H2,1-2H3. The molecule has 0 spiro atoms. The minimum Gasteiger partial charge on any atom is -0.477 e. The van der Waals surface area contributed by atoms with Gasteiger partial charge < -0.3 is 15.0 Å². The summed E-state index contributed by atoms with van der Waals surface area (Å²) in [6.45, 7) is 2.37. The Kier molecular flexibility index (Phi) is 2.48. The van der Waals surface area contributed by atoms with Gasteiger partial charge in [-0.2, -0.15) is 0 Å². The zero-order valence-electron chi connectivity index (χ0n) is 8.73. The lowest BCUT2D eigenvalue weighted by molar-refractivity contribution is 0.294. The van der Waals surface area contributed by atoms with E-state index in [1.807, 2.05) is 20.2 Å². The number of likely N-dealkylation sites (N-methyl/N-ethyl adjacent to an activating group) is 1. The van der Waals surface area contributed by atoms with Crippen molar-refractivity contribution in [2.45, 2.75) is 12.6 Å². The molecule has 78 valence electrons. The lowest BCUT2D eigenvalue weighted by atomic mass is 10.2. The molecule has 14 heavy (non-hydrogen) atoms. The normalized spacial score (nSPS) is 16.9. The molecule has 0 saturated heterocycles. The minimum absolute atomic E-state index is 0.283. The summed E-state index contributed by atoms with van der Waals surface area (Å²) in [7, 11) is 4.10. The maximum atomic E-state index is 5.76. The predicted molar refractivity (Wildman–Crippen MR) is 55.4 cm³/mol. The van der Waals surface area contributed by atoms with E-state index >= 15 is 0 Å². The largest absolute Gasteiger partial charge is 0.477 e. The SMILES string of the molecule is CN(C)C(CN)c1ccc2n1CCO2. The zero-order valence-corrected chi connectivity index (χ0v) is 8.73. The topological polar surface area (TPSA) is 43.4 Å². The smallest absolute Gasteiger partial charge is 0.193 e. The van der Waals surface area contributed by atoms with Crippen LogP contribution in [0.2, 0.25) is 0 Å². The second kappa shape index (κ2) is 3.63. The van der Waals surface area contributed by atoms with Gasteiger partial charge in [-0.25, -0.2) is 0 Å². The molecule has 0 aliphatic carbocycles. The number of aromatic nitrogens is 1. The first-order chi connectivity index (χ1) is 6.74. The number of ether oxygens (including phenoxy) is 1. The fourth-order valence-corrected chi connectivity index (χ4v) is 1.96. The molecule has 2 N–H and O–H groups in total. The average molecular weight is 195 g/mol. The summed E-state index contributed by atoms with van der Waals surface area (Å²) in [5, 5.41) is 0. The highest BCUT2D eigenvalue weighted by atomic mass is 16.5. The Morgan fingerprint density at radius 3 is 3.00 bits per heavy atom. The van der Waals surface area contributed by atoms with Crippen molar-refractivity contribution >= 4 is 0 Å². The average Bonchev–Trinajstić information content (AvgIpc) is 2.69. The molecule has 0 fully saturated rings. The molecule has 1 aliphatic heterocycles. The van der Waals surface area contributed by atoms with Gasteiger partial charge in [0.15, 0.2) is 5.88 Å². The Hall–Kier alpha value is -1.00. The second-order valence-electron chi connectivity index (χ2n) is 3.81. The van der Waals surface area contributed by atoms with Crippen LogP contribution in [-0.4, -0.2) is 36.7 Å². The van der Waals surface area contributed by atoms with Gasteiger partial charge in [-0.1, -0.05) is 0 Å². The van der Waals surface area contributed by atoms with Crippen LogP contribution in [0.15, 0.2) is 12.1 Å². The first-order valence-corrected chi connectivity index (χ1v) is 4.92. The van der Waals surface area contributed by atoms with Crippen molar-refractivity contribution < 1.29 is 4.74 Å². The molecule has 1 aliphatic rings. The highest BCUT2D eigenvalue weighted by Gasteiger charge is 2.21. The van der Waals surface area contributed by atoms with Crippen LogP contribution < -0.4 is 10.5 Å². The van der Waals surface area contributed by atoms with Crippen LogP contribution in [0, 0.1) is 0 Å². The van der Waals surface area contributed by atoms with E-state index in [1.165, 1.54) is 5.69 Å². The molecule has 4 heteroatoms. The van der Waals surface area contributed by atoms with Gasteiger partial charge >= 0.3 is 0 Å². The molecule has 2 heterocycles. The number of nitrogens with two attached hydrogens (primary N) is 1. The number of fused-ring (bicyclic) bond motifs is 1. The van der Waals surface area contributed by atoms with E-state index in [9.17, 15) is 0 Å². The molecule has 0 amide bonds. The van der Waals surface area contributed by atoms with Gasteiger partial charge in [0, 0.05) is 18.3 Å². The molecule has 4 nitrogen and oxygen atoms in total. The molecular formula is C10H17N3O. The first kappa shape index (κ1) is 9.55. The van der Waals surface area contributed by atoms with Gasteiger partial charge in [0.05, 0.1) is 12.6 Å². The van der Waals surface area contributed by atoms with E-state index in [-0.39, 0.29) is 6.04 Å². The first-order valence-electron chi connectivity index (χ1n) is 4.92. The van der Waals surface area contributed by atoms with E-state index < -0.39 is 0 Å². The zero-order chi connectivity index (χ0) is 10.1. The molecule has 1 aromatic rings. The van der Waals surface area contributed by atoms with Gasteiger partial charge in [-0.3, -0.25) is 4.90 Å². The summed E-state index contributed by atoms with van der Waals surface area (Å²) in [5.74, 6) is 0.973. The fourth-order valence-electron chi connectivity index (χ4n) is 1.96. The van der Waals surface area contributed by atoms with E-state index in [1.54, 1.807) is 0 Å². The summed E-state index contributed by atoms with van der Waals surface area (Å²) in [5.41, 5.74) is 7.02. The van der Waals surface area contributed by atoms with E-state index in [0.29, 0.717) is 6.54 Å². The van der Waals surface area contributed by atoms with Crippen LogP contribution in [0.25, 0.3) is 0 Å². The second-order valence-corrected chi connectivity index (χ2v) is 3.81. The maximum Gasteiger partial charge on any atom is 0.193 e. The number of nitrogens with zero attached hydrogens (tertiary/aromatic N) is 2. The van der Waals surface area contributed by atoms with Crippen LogP contribution in [0.5, 0.6) is 5.88 Å². The van der Waals surface area contributed by atoms with Crippen molar-refractivity contribution in [1.82, 2.24) is 9.47 Å². The Bertz CT molecular complexity index is 319. The maximum absolute atomic E-state index is 5.76. The monoisotopic (exact) mass is 195 g/mol. The molecule has 2 rings (SSSR count). The summed E-state index contributed by atoms with van der Waals surface area (Å²) in [6.07, 6.45) is 0. The highest BCUT2D eigenvalue weighted by Crippen LogP contribution is 2.27. The lowest BCUT2D eigenvalue weighted by Gasteiger charge is -2.23. The summed E-state index contributed by atoms with van der Waals surface area (Å²) in [6, 6.07) is 4.41. The molecule has 0 bridgehead atoms. The number of rotatable bonds is 3. The molecule has 0 radical (unpaired) electrons. The number of hydrogen-bond acceptors (Lipinski definition) is 3. The van der Waals surface area contributed by atoms with Crippen molar-refractivity contribution in [3.05, 3.63) is 17.8 Å². The van der Waals surface area contributed by atoms with Crippen LogP contribution in [0.3, 0.4) is 0 Å². The van der Waals surface area contributed by atoms with Crippen molar-refractivity contribution in [1.29, 1.82) is 0 Å². The molecular weight excluding hydrogens is 178 g/mol. The Morgan fingerprint density at radius 2 is 2.36 bits per heavy atom. The van der Waals surface area contributed by atoms with Gasteiger partial charge in [-0.05, 0) is 20.2 Å². The molecule has 0 aromatic carbocycles. The van der Waals surface area contributed by atoms with Gasteiger partial charge in [0.1, 0.15) is 6.61 Å². The van der Waals surface area contributed by atoms with Crippen molar-refractivity contribution in [3.63, 3.8) is 0 Å². The van der Waals surface area contributed by atoms with Crippen molar-refractivity contribution in [3.8, 4) is 5.88 Å². The minimum atomic E-state index is 0.283. The van der Waals surface area contributed by atoms with Gasteiger partial charge in [0.2, 0.25) is 0 Å². The van der Waals surface area contributed by atoms with Gasteiger partial charge in [-0.15, -0.1) is 0 Å². The summed E-state index contributed by atoms with van der Waals surface area (Å²) < 4.78 is 7.66. The molecule has 1 atom stereocenters. The molecule has 0 saturated carbocycles. The Labute approximate surface area is 84.2 Å². The van der Waals surface area contributed by atoms with Crippen molar-refractivity contribution in [2.24, 2.45) is 5.73 Å². The van der Waals surface area contributed by atoms with Gasteiger partial charge in [0.25, 0.3) is 0 Å². The predicted octanol–water partition coefficient (Wildman–Crippen LogP) is 0.442. The third kappa shape index (κ3) is 1.40. The van der Waals surface area contributed by atoms with Crippen LogP contribution in [0.4, 0.5) is 0 Å². The number of hydrogen-bond donors (Lipinski definition) is 1. The van der Waals surface area contributed by atoms with Crippen LogP contribution >= 0.6 is 0 Å². The van der Waals surface area contributed by atoms with Crippen molar-refractivity contribution in [2.75, 3.05) is 27.2 Å². The van der Waals surface area contributed by atoms with E-state index in [0.717, 1.165) is 19.0 Å².